The van der Waals surface area contributed by atoms with E-state index in [2.05, 4.69) is 34.7 Å². The van der Waals surface area contributed by atoms with Crippen LogP contribution in [0.1, 0.15) is 28.4 Å². The summed E-state index contributed by atoms with van der Waals surface area (Å²) in [6, 6.07) is 19.4. The average Bonchev–Trinajstić information content (AvgIpc) is 2.64. The van der Waals surface area contributed by atoms with Gasteiger partial charge in [-0.1, -0.05) is 36.8 Å². The van der Waals surface area contributed by atoms with Crippen LogP contribution in [0.5, 0.6) is 0 Å². The van der Waals surface area contributed by atoms with Gasteiger partial charge in [-0.25, -0.2) is 4.98 Å². The molecule has 4 nitrogen and oxygen atoms in total. The molecule has 1 amide bonds. The van der Waals surface area contributed by atoms with Crippen molar-refractivity contribution in [2.24, 2.45) is 0 Å². The molecule has 2 aromatic carbocycles. The number of aryl methyl sites for hydroxylation is 2. The first-order chi connectivity index (χ1) is 12.1. The number of hydrogen-bond donors (Lipinski definition) is 2. The highest BCUT2D eigenvalue weighted by Crippen LogP contribution is 2.17. The Balaban J connectivity index is 1.63. The predicted molar refractivity (Wildman–Crippen MR) is 102 cm³/mol. The maximum atomic E-state index is 12.2. The molecule has 4 heteroatoms. The number of hydrogen-bond acceptors (Lipinski definition) is 3. The fourth-order valence-electron chi connectivity index (χ4n) is 2.42. The number of aromatic nitrogens is 1. The summed E-state index contributed by atoms with van der Waals surface area (Å²) in [6.45, 7) is 4.13. The molecule has 1 heterocycles. The average molecular weight is 331 g/mol. The highest BCUT2D eigenvalue weighted by molar-refractivity contribution is 6.04. The molecule has 126 valence electrons. The molecule has 0 aliphatic carbocycles. The lowest BCUT2D eigenvalue weighted by Gasteiger charge is -2.08. The van der Waals surface area contributed by atoms with Crippen molar-refractivity contribution in [2.75, 3.05) is 10.6 Å². The van der Waals surface area contributed by atoms with Crippen LogP contribution in [0.25, 0.3) is 0 Å². The number of pyridine rings is 1. The molecule has 1 aromatic heterocycles. The molecule has 0 aliphatic heterocycles. The van der Waals surface area contributed by atoms with Gasteiger partial charge in [0.15, 0.2) is 0 Å². The number of amides is 1. The van der Waals surface area contributed by atoms with Crippen LogP contribution < -0.4 is 10.6 Å². The summed E-state index contributed by atoms with van der Waals surface area (Å²) in [6.07, 6.45) is 2.67. The second kappa shape index (κ2) is 7.62. The molecule has 0 aliphatic rings. The fourth-order valence-corrected chi connectivity index (χ4v) is 2.42. The predicted octanol–water partition coefficient (Wildman–Crippen LogP) is 4.95. The molecule has 0 saturated heterocycles. The van der Waals surface area contributed by atoms with Gasteiger partial charge in [-0.15, -0.1) is 0 Å². The maximum absolute atomic E-state index is 12.2. The van der Waals surface area contributed by atoms with E-state index in [0.29, 0.717) is 11.3 Å². The van der Waals surface area contributed by atoms with Gasteiger partial charge in [-0.05, 0) is 55.3 Å². The molecule has 0 spiro atoms. The number of benzene rings is 2. The standard InChI is InChI=1S/C21H21N3O/c1-3-16-6-10-18(11-7-16)23-20-13-12-19(14-22-20)24-21(25)17-8-4-15(2)5-9-17/h4-14H,3H2,1-2H3,(H,22,23)(H,24,25). The van der Waals surface area contributed by atoms with Crippen molar-refractivity contribution in [1.82, 2.24) is 4.98 Å². The topological polar surface area (TPSA) is 54.0 Å². The summed E-state index contributed by atoms with van der Waals surface area (Å²) < 4.78 is 0. The lowest BCUT2D eigenvalue weighted by atomic mass is 10.1. The van der Waals surface area contributed by atoms with E-state index in [-0.39, 0.29) is 5.91 Å². The zero-order valence-electron chi connectivity index (χ0n) is 14.4. The molecular weight excluding hydrogens is 310 g/mol. The Bertz CT molecular complexity index is 838. The Kier molecular flexibility index (Phi) is 5.09. The molecule has 3 aromatic rings. The smallest absolute Gasteiger partial charge is 0.255 e. The van der Waals surface area contributed by atoms with Crippen LogP contribution in [-0.2, 0) is 6.42 Å². The molecule has 0 bridgehead atoms. The van der Waals surface area contributed by atoms with Gasteiger partial charge in [0.1, 0.15) is 5.82 Å². The summed E-state index contributed by atoms with van der Waals surface area (Å²) in [5, 5.41) is 6.10. The molecule has 2 N–H and O–H groups in total. The van der Waals surface area contributed by atoms with Gasteiger partial charge in [0.25, 0.3) is 5.91 Å². The first-order valence-corrected chi connectivity index (χ1v) is 8.34. The third-order valence-corrected chi connectivity index (χ3v) is 3.97. The van der Waals surface area contributed by atoms with E-state index >= 15 is 0 Å². The third kappa shape index (κ3) is 4.44. The number of nitrogens with one attached hydrogen (secondary N) is 2. The van der Waals surface area contributed by atoms with Crippen LogP contribution in [0.15, 0.2) is 66.9 Å². The summed E-state index contributed by atoms with van der Waals surface area (Å²) in [4.78, 5) is 16.6. The summed E-state index contributed by atoms with van der Waals surface area (Å²) in [5.74, 6) is 0.593. The maximum Gasteiger partial charge on any atom is 0.255 e. The minimum atomic E-state index is -0.141. The van der Waals surface area contributed by atoms with E-state index < -0.39 is 0 Å². The number of rotatable bonds is 5. The van der Waals surface area contributed by atoms with Crippen LogP contribution in [0.3, 0.4) is 0 Å². The zero-order chi connectivity index (χ0) is 17.6. The van der Waals surface area contributed by atoms with E-state index in [4.69, 9.17) is 0 Å². The lowest BCUT2D eigenvalue weighted by molar-refractivity contribution is 0.102. The Morgan fingerprint density at radius 3 is 2.20 bits per heavy atom. The van der Waals surface area contributed by atoms with Crippen molar-refractivity contribution in [1.29, 1.82) is 0 Å². The number of anilines is 3. The second-order valence-electron chi connectivity index (χ2n) is 5.93. The number of nitrogens with zero attached hydrogens (tertiary/aromatic N) is 1. The molecule has 0 atom stereocenters. The quantitative estimate of drug-likeness (QED) is 0.695. The largest absolute Gasteiger partial charge is 0.340 e. The van der Waals surface area contributed by atoms with Gasteiger partial charge < -0.3 is 10.6 Å². The summed E-state index contributed by atoms with van der Waals surface area (Å²) in [5.41, 5.74) is 4.70. The van der Waals surface area contributed by atoms with Gasteiger partial charge in [0, 0.05) is 11.3 Å². The van der Waals surface area contributed by atoms with Crippen LogP contribution >= 0.6 is 0 Å². The van der Waals surface area contributed by atoms with E-state index in [1.54, 1.807) is 6.20 Å². The minimum Gasteiger partial charge on any atom is -0.340 e. The minimum absolute atomic E-state index is 0.141. The van der Waals surface area contributed by atoms with Crippen molar-refractivity contribution < 1.29 is 4.79 Å². The van der Waals surface area contributed by atoms with Crippen LogP contribution in [0.2, 0.25) is 0 Å². The molecule has 0 saturated carbocycles. The normalized spacial score (nSPS) is 10.3. The SMILES string of the molecule is CCc1ccc(Nc2ccc(NC(=O)c3ccc(C)cc3)cn2)cc1. The van der Waals surface area contributed by atoms with Crippen molar-refractivity contribution in [3.05, 3.63) is 83.6 Å². The second-order valence-corrected chi connectivity index (χ2v) is 5.93. The molecule has 25 heavy (non-hydrogen) atoms. The molecule has 0 fully saturated rings. The molecule has 0 unspecified atom stereocenters. The van der Waals surface area contributed by atoms with Crippen molar-refractivity contribution in [2.45, 2.75) is 20.3 Å². The van der Waals surface area contributed by atoms with Gasteiger partial charge in [0.05, 0.1) is 11.9 Å². The number of carbonyl (C=O) groups excluding carboxylic acids is 1. The van der Waals surface area contributed by atoms with E-state index in [1.807, 2.05) is 55.5 Å². The van der Waals surface area contributed by atoms with Crippen molar-refractivity contribution in [3.63, 3.8) is 0 Å². The van der Waals surface area contributed by atoms with Gasteiger partial charge in [-0.2, -0.15) is 0 Å². The van der Waals surface area contributed by atoms with E-state index in [0.717, 1.165) is 23.5 Å². The molecular formula is C21H21N3O. The Morgan fingerprint density at radius 2 is 1.60 bits per heavy atom. The first-order valence-electron chi connectivity index (χ1n) is 8.34. The summed E-state index contributed by atoms with van der Waals surface area (Å²) in [7, 11) is 0. The van der Waals surface area contributed by atoms with Crippen LogP contribution in [0.4, 0.5) is 17.2 Å². The Hall–Kier alpha value is -3.14. The van der Waals surface area contributed by atoms with E-state index in [1.165, 1.54) is 5.56 Å². The Morgan fingerprint density at radius 1 is 0.920 bits per heavy atom. The van der Waals surface area contributed by atoms with Crippen molar-refractivity contribution >= 4 is 23.1 Å². The van der Waals surface area contributed by atoms with Crippen LogP contribution in [-0.4, -0.2) is 10.9 Å². The van der Waals surface area contributed by atoms with Gasteiger partial charge in [0.2, 0.25) is 0 Å². The first kappa shape index (κ1) is 16.7. The van der Waals surface area contributed by atoms with Gasteiger partial charge in [-0.3, -0.25) is 4.79 Å². The number of carbonyl (C=O) groups is 1. The molecule has 3 rings (SSSR count). The van der Waals surface area contributed by atoms with Gasteiger partial charge >= 0.3 is 0 Å². The molecule has 0 radical (unpaired) electrons. The van der Waals surface area contributed by atoms with Crippen molar-refractivity contribution in [3.8, 4) is 0 Å². The fraction of sp³-hybridized carbons (Fsp3) is 0.143. The monoisotopic (exact) mass is 331 g/mol. The third-order valence-electron chi connectivity index (χ3n) is 3.97. The summed E-state index contributed by atoms with van der Waals surface area (Å²) >= 11 is 0. The highest BCUT2D eigenvalue weighted by Gasteiger charge is 2.06. The highest BCUT2D eigenvalue weighted by atomic mass is 16.1. The van der Waals surface area contributed by atoms with Crippen LogP contribution in [0, 0.1) is 6.92 Å². The zero-order valence-corrected chi connectivity index (χ0v) is 14.4. The van der Waals surface area contributed by atoms with E-state index in [9.17, 15) is 4.79 Å². The lowest BCUT2D eigenvalue weighted by Crippen LogP contribution is -2.12. The Labute approximate surface area is 147 Å².